The number of aromatic nitrogens is 1. The minimum atomic E-state index is -0.343. The number of nitrogens with zero attached hydrogens (tertiary/aromatic N) is 1. The Morgan fingerprint density at radius 3 is 2.57 bits per heavy atom. The molecule has 0 unspecified atom stereocenters. The second-order valence-electron chi connectivity index (χ2n) is 7.08. The summed E-state index contributed by atoms with van der Waals surface area (Å²) in [7, 11) is 0. The Labute approximate surface area is 175 Å². The van der Waals surface area contributed by atoms with Crippen LogP contribution in [0.3, 0.4) is 0 Å². The Morgan fingerprint density at radius 1 is 1.10 bits per heavy atom. The summed E-state index contributed by atoms with van der Waals surface area (Å²) in [4.78, 5) is 24.7. The minimum absolute atomic E-state index is 0.00825. The zero-order valence-electron chi connectivity index (χ0n) is 17.0. The fourth-order valence-electron chi connectivity index (χ4n) is 3.11. The number of benzene rings is 2. The maximum Gasteiger partial charge on any atom is 0.239 e. The Hall–Kier alpha value is -3.38. The first-order valence-electron chi connectivity index (χ1n) is 9.89. The molecule has 1 heterocycles. The van der Waals surface area contributed by atoms with E-state index in [1.807, 2.05) is 61.5 Å². The molecule has 2 aromatic carbocycles. The second kappa shape index (κ2) is 10.4. The van der Waals surface area contributed by atoms with E-state index in [1.54, 1.807) is 4.57 Å². The van der Waals surface area contributed by atoms with Crippen LogP contribution in [0.5, 0.6) is 5.75 Å². The highest BCUT2D eigenvalue weighted by atomic mass is 16.5. The zero-order chi connectivity index (χ0) is 21.3. The largest absolute Gasteiger partial charge is 0.483 e. The summed E-state index contributed by atoms with van der Waals surface area (Å²) >= 11 is 0. The predicted octanol–water partition coefficient (Wildman–Crippen LogP) is 2.59. The average molecular weight is 406 g/mol. The number of pyridine rings is 1. The fourth-order valence-corrected chi connectivity index (χ4v) is 3.11. The first-order valence-corrected chi connectivity index (χ1v) is 9.89. The summed E-state index contributed by atoms with van der Waals surface area (Å²) in [5.74, 6) is -0.0540. The van der Waals surface area contributed by atoms with Crippen LogP contribution in [0.1, 0.15) is 22.4 Å². The van der Waals surface area contributed by atoms with E-state index >= 15 is 0 Å². The molecule has 0 aliphatic rings. The summed E-state index contributed by atoms with van der Waals surface area (Å²) in [6.07, 6.45) is 2.22. The maximum atomic E-state index is 12.4. The molecule has 3 rings (SSSR count). The smallest absolute Gasteiger partial charge is 0.239 e. The van der Waals surface area contributed by atoms with E-state index in [0.29, 0.717) is 12.2 Å². The number of carbonyl (C=O) groups excluding carboxylic acids is 1. The third kappa shape index (κ3) is 5.81. The van der Waals surface area contributed by atoms with Gasteiger partial charge in [-0.05, 0) is 30.0 Å². The van der Waals surface area contributed by atoms with Gasteiger partial charge in [-0.15, -0.1) is 0 Å². The molecular formula is C24H26N2O4. The van der Waals surface area contributed by atoms with Crippen LogP contribution >= 0.6 is 0 Å². The van der Waals surface area contributed by atoms with Crippen LogP contribution < -0.4 is 15.5 Å². The zero-order valence-corrected chi connectivity index (χ0v) is 17.0. The highest BCUT2D eigenvalue weighted by Crippen LogP contribution is 2.13. The molecule has 6 nitrogen and oxygen atoms in total. The van der Waals surface area contributed by atoms with Gasteiger partial charge in [0, 0.05) is 18.3 Å². The highest BCUT2D eigenvalue weighted by Gasteiger charge is 2.11. The summed E-state index contributed by atoms with van der Waals surface area (Å²) in [6.45, 7) is 2.39. The summed E-state index contributed by atoms with van der Waals surface area (Å²) in [6, 6.07) is 19.0. The van der Waals surface area contributed by atoms with Crippen LogP contribution in [0.15, 0.2) is 71.7 Å². The third-order valence-corrected chi connectivity index (χ3v) is 4.88. The minimum Gasteiger partial charge on any atom is -0.483 e. The van der Waals surface area contributed by atoms with Gasteiger partial charge in [0.2, 0.25) is 11.3 Å². The molecule has 1 aromatic heterocycles. The maximum absolute atomic E-state index is 12.4. The number of amides is 1. The van der Waals surface area contributed by atoms with Gasteiger partial charge in [0.15, 0.2) is 5.75 Å². The van der Waals surface area contributed by atoms with Gasteiger partial charge in [-0.1, -0.05) is 54.6 Å². The average Bonchev–Trinajstić information content (AvgIpc) is 2.75. The van der Waals surface area contributed by atoms with Crippen molar-refractivity contribution in [3.8, 4) is 5.75 Å². The Morgan fingerprint density at radius 2 is 1.83 bits per heavy atom. The molecule has 0 bridgehead atoms. The van der Waals surface area contributed by atoms with Gasteiger partial charge < -0.3 is 19.7 Å². The lowest BCUT2D eigenvalue weighted by Gasteiger charge is -2.15. The van der Waals surface area contributed by atoms with Crippen molar-refractivity contribution in [2.75, 3.05) is 6.54 Å². The van der Waals surface area contributed by atoms with Crippen LogP contribution in [0.2, 0.25) is 0 Å². The van der Waals surface area contributed by atoms with Gasteiger partial charge in [0.25, 0.3) is 0 Å². The molecule has 0 atom stereocenters. The lowest BCUT2D eigenvalue weighted by Crippen LogP contribution is -2.30. The molecule has 156 valence electrons. The van der Waals surface area contributed by atoms with Gasteiger partial charge in [-0.2, -0.15) is 0 Å². The van der Waals surface area contributed by atoms with Crippen molar-refractivity contribution >= 4 is 5.91 Å². The predicted molar refractivity (Wildman–Crippen MR) is 115 cm³/mol. The molecule has 0 aliphatic carbocycles. The molecule has 6 heteroatoms. The number of aryl methyl sites for hydroxylation is 1. The molecule has 0 fully saturated rings. The number of hydrogen-bond acceptors (Lipinski definition) is 4. The van der Waals surface area contributed by atoms with Crippen molar-refractivity contribution in [2.45, 2.75) is 33.1 Å². The SMILES string of the molecule is Cc1ccccc1COc1cn(CC(=O)NCCc2ccccc2)c(CO)cc1=O. The molecule has 2 N–H and O–H groups in total. The monoisotopic (exact) mass is 406 g/mol. The summed E-state index contributed by atoms with van der Waals surface area (Å²) < 4.78 is 7.27. The van der Waals surface area contributed by atoms with E-state index in [4.69, 9.17) is 4.74 Å². The molecule has 1 amide bonds. The lowest BCUT2D eigenvalue weighted by molar-refractivity contribution is -0.121. The van der Waals surface area contributed by atoms with Gasteiger partial charge in [0.05, 0.1) is 12.8 Å². The topological polar surface area (TPSA) is 80.6 Å². The van der Waals surface area contributed by atoms with Crippen LogP contribution in [0.4, 0.5) is 0 Å². The lowest BCUT2D eigenvalue weighted by atomic mass is 10.1. The van der Waals surface area contributed by atoms with E-state index in [0.717, 1.165) is 23.1 Å². The molecule has 30 heavy (non-hydrogen) atoms. The number of ether oxygens (including phenoxy) is 1. The molecule has 0 spiro atoms. The van der Waals surface area contributed by atoms with Gasteiger partial charge in [-0.25, -0.2) is 0 Å². The number of carbonyl (C=O) groups is 1. The van der Waals surface area contributed by atoms with Crippen molar-refractivity contribution in [1.29, 1.82) is 0 Å². The Bertz CT molecular complexity index is 1040. The summed E-state index contributed by atoms with van der Waals surface area (Å²) in [5.41, 5.74) is 3.23. The van der Waals surface area contributed by atoms with E-state index in [2.05, 4.69) is 5.32 Å². The van der Waals surface area contributed by atoms with Crippen molar-refractivity contribution < 1.29 is 14.6 Å². The van der Waals surface area contributed by atoms with Crippen molar-refractivity contribution in [3.05, 3.63) is 99.5 Å². The number of hydrogen-bond donors (Lipinski definition) is 2. The molecule has 0 saturated heterocycles. The second-order valence-corrected chi connectivity index (χ2v) is 7.08. The van der Waals surface area contributed by atoms with E-state index in [9.17, 15) is 14.7 Å². The highest BCUT2D eigenvalue weighted by molar-refractivity contribution is 5.75. The van der Waals surface area contributed by atoms with Gasteiger partial charge in [0.1, 0.15) is 13.2 Å². The molecule has 0 saturated carbocycles. The van der Waals surface area contributed by atoms with Crippen LogP contribution in [0.25, 0.3) is 0 Å². The van der Waals surface area contributed by atoms with E-state index in [-0.39, 0.29) is 36.8 Å². The van der Waals surface area contributed by atoms with Crippen LogP contribution in [-0.2, 0) is 31.0 Å². The normalized spacial score (nSPS) is 10.6. The standard InChI is InChI=1S/C24H26N2O4/c1-18-7-5-6-10-20(18)17-30-23-14-26(21(16-27)13-22(23)28)15-24(29)25-12-11-19-8-3-2-4-9-19/h2-10,13-14,27H,11-12,15-17H2,1H3,(H,25,29). The molecule has 3 aromatic rings. The van der Waals surface area contributed by atoms with Crippen molar-refractivity contribution in [1.82, 2.24) is 9.88 Å². The molecule has 0 radical (unpaired) electrons. The van der Waals surface area contributed by atoms with Gasteiger partial charge >= 0.3 is 0 Å². The quantitative estimate of drug-likeness (QED) is 0.572. The van der Waals surface area contributed by atoms with E-state index < -0.39 is 0 Å². The molecular weight excluding hydrogens is 380 g/mol. The van der Waals surface area contributed by atoms with E-state index in [1.165, 1.54) is 12.3 Å². The van der Waals surface area contributed by atoms with Crippen LogP contribution in [0, 0.1) is 6.92 Å². The Kier molecular flexibility index (Phi) is 7.40. The summed E-state index contributed by atoms with van der Waals surface area (Å²) in [5, 5.41) is 12.5. The Balaban J connectivity index is 1.64. The van der Waals surface area contributed by atoms with Gasteiger partial charge in [-0.3, -0.25) is 9.59 Å². The number of aliphatic hydroxyl groups is 1. The van der Waals surface area contributed by atoms with Crippen LogP contribution in [-0.4, -0.2) is 22.1 Å². The fraction of sp³-hybridized carbons (Fsp3) is 0.250. The first-order chi connectivity index (χ1) is 14.6. The van der Waals surface area contributed by atoms with Crippen molar-refractivity contribution in [3.63, 3.8) is 0 Å². The molecule has 0 aliphatic heterocycles. The van der Waals surface area contributed by atoms with Crippen molar-refractivity contribution in [2.24, 2.45) is 0 Å². The first kappa shape index (κ1) is 21.3. The third-order valence-electron chi connectivity index (χ3n) is 4.88. The number of nitrogens with one attached hydrogen (secondary N) is 1. The number of aliphatic hydroxyl groups excluding tert-OH is 1. The number of rotatable bonds is 9.